The molecule has 0 aromatic heterocycles. The number of hydrogen-bond donors (Lipinski definition) is 1. The Hall–Kier alpha value is -0.930. The summed E-state index contributed by atoms with van der Waals surface area (Å²) in [6.07, 6.45) is 3.15. The summed E-state index contributed by atoms with van der Waals surface area (Å²) in [6, 6.07) is 5.52. The number of nitrogens with one attached hydrogen (secondary N) is 1. The van der Waals surface area contributed by atoms with E-state index in [1.807, 2.05) is 12.1 Å². The Bertz CT molecular complexity index is 381. The van der Waals surface area contributed by atoms with E-state index in [4.69, 9.17) is 4.74 Å². The van der Waals surface area contributed by atoms with Gasteiger partial charge in [-0.2, -0.15) is 0 Å². The lowest BCUT2D eigenvalue weighted by molar-refractivity contribution is 0.0605. The van der Waals surface area contributed by atoms with Gasteiger partial charge in [-0.3, -0.25) is 0 Å². The van der Waals surface area contributed by atoms with Gasteiger partial charge in [0.25, 0.3) is 0 Å². The molecule has 0 amide bonds. The van der Waals surface area contributed by atoms with E-state index in [9.17, 15) is 4.39 Å². The summed E-state index contributed by atoms with van der Waals surface area (Å²) < 4.78 is 19.3. The van der Waals surface area contributed by atoms with Gasteiger partial charge in [-0.1, -0.05) is 32.4 Å². The fourth-order valence-corrected chi connectivity index (χ4v) is 2.27. The fourth-order valence-electron chi connectivity index (χ4n) is 2.27. The maximum Gasteiger partial charge on any atom is 0.126 e. The summed E-state index contributed by atoms with van der Waals surface area (Å²) in [5, 5.41) is 3.48. The highest BCUT2D eigenvalue weighted by Crippen LogP contribution is 2.24. The quantitative estimate of drug-likeness (QED) is 0.769. The molecule has 0 aliphatic rings. The van der Waals surface area contributed by atoms with Crippen LogP contribution in [-0.2, 0) is 4.74 Å². The van der Waals surface area contributed by atoms with Crippen LogP contribution >= 0.6 is 0 Å². The van der Waals surface area contributed by atoms with Crippen molar-refractivity contribution in [2.45, 2.75) is 52.2 Å². The van der Waals surface area contributed by atoms with Crippen LogP contribution in [0.15, 0.2) is 18.2 Å². The SMILES string of the molecule is CCCNC(c1ccc(C)c(F)c1)C(CCC)OC. The average molecular weight is 267 g/mol. The van der Waals surface area contributed by atoms with Crippen molar-refractivity contribution in [3.63, 3.8) is 0 Å². The van der Waals surface area contributed by atoms with E-state index in [1.54, 1.807) is 20.1 Å². The van der Waals surface area contributed by atoms with Gasteiger partial charge in [0.2, 0.25) is 0 Å². The lowest BCUT2D eigenvalue weighted by atomic mass is 9.96. The van der Waals surface area contributed by atoms with Crippen molar-refractivity contribution >= 4 is 0 Å². The lowest BCUT2D eigenvalue weighted by Gasteiger charge is -2.27. The van der Waals surface area contributed by atoms with Crippen LogP contribution < -0.4 is 5.32 Å². The van der Waals surface area contributed by atoms with Crippen LogP contribution in [0.2, 0.25) is 0 Å². The van der Waals surface area contributed by atoms with Gasteiger partial charge in [0.1, 0.15) is 5.82 Å². The third-order valence-electron chi connectivity index (χ3n) is 3.42. The number of hydrogen-bond acceptors (Lipinski definition) is 2. The molecule has 0 bridgehead atoms. The van der Waals surface area contributed by atoms with Crippen molar-refractivity contribution in [2.24, 2.45) is 0 Å². The van der Waals surface area contributed by atoms with Crippen LogP contribution in [0.25, 0.3) is 0 Å². The van der Waals surface area contributed by atoms with E-state index < -0.39 is 0 Å². The number of rotatable bonds is 8. The zero-order valence-electron chi connectivity index (χ0n) is 12.5. The summed E-state index contributed by atoms with van der Waals surface area (Å²) in [7, 11) is 1.73. The molecular weight excluding hydrogens is 241 g/mol. The van der Waals surface area contributed by atoms with Crippen LogP contribution in [0.1, 0.15) is 50.3 Å². The fraction of sp³-hybridized carbons (Fsp3) is 0.625. The molecule has 1 aromatic carbocycles. The zero-order valence-corrected chi connectivity index (χ0v) is 12.5. The number of aryl methyl sites for hydroxylation is 1. The van der Waals surface area contributed by atoms with Crippen molar-refractivity contribution in [1.82, 2.24) is 5.32 Å². The van der Waals surface area contributed by atoms with Gasteiger partial charge in [0, 0.05) is 7.11 Å². The van der Waals surface area contributed by atoms with Gasteiger partial charge in [-0.25, -0.2) is 4.39 Å². The van der Waals surface area contributed by atoms with Crippen molar-refractivity contribution in [3.05, 3.63) is 35.1 Å². The molecular formula is C16H26FNO. The Kier molecular flexibility index (Phi) is 7.03. The van der Waals surface area contributed by atoms with E-state index in [1.165, 1.54) is 0 Å². The van der Waals surface area contributed by atoms with Crippen LogP contribution in [0.4, 0.5) is 4.39 Å². The number of halogens is 1. The third kappa shape index (κ3) is 4.59. The second-order valence-corrected chi connectivity index (χ2v) is 5.00. The maximum atomic E-state index is 13.7. The minimum Gasteiger partial charge on any atom is -0.379 e. The second-order valence-electron chi connectivity index (χ2n) is 5.00. The summed E-state index contributed by atoms with van der Waals surface area (Å²) >= 11 is 0. The first-order chi connectivity index (χ1) is 9.13. The van der Waals surface area contributed by atoms with Crippen molar-refractivity contribution < 1.29 is 9.13 Å². The van der Waals surface area contributed by atoms with E-state index in [0.717, 1.165) is 31.4 Å². The Labute approximate surface area is 116 Å². The minimum absolute atomic E-state index is 0.0556. The number of benzene rings is 1. The van der Waals surface area contributed by atoms with E-state index in [0.29, 0.717) is 5.56 Å². The Morgan fingerprint density at radius 2 is 2.00 bits per heavy atom. The van der Waals surface area contributed by atoms with Gasteiger partial charge < -0.3 is 10.1 Å². The molecule has 1 rings (SSSR count). The molecule has 3 heteroatoms. The van der Waals surface area contributed by atoms with E-state index in [2.05, 4.69) is 19.2 Å². The molecule has 0 fully saturated rings. The minimum atomic E-state index is -0.146. The average Bonchev–Trinajstić information content (AvgIpc) is 2.41. The molecule has 2 atom stereocenters. The molecule has 0 spiro atoms. The molecule has 0 saturated heterocycles. The van der Waals surface area contributed by atoms with Gasteiger partial charge in [-0.15, -0.1) is 0 Å². The smallest absolute Gasteiger partial charge is 0.126 e. The Morgan fingerprint density at radius 3 is 2.53 bits per heavy atom. The van der Waals surface area contributed by atoms with E-state index >= 15 is 0 Å². The summed E-state index contributed by atoms with van der Waals surface area (Å²) in [5.74, 6) is -0.146. The largest absolute Gasteiger partial charge is 0.379 e. The van der Waals surface area contributed by atoms with E-state index in [-0.39, 0.29) is 18.0 Å². The molecule has 1 aromatic rings. The van der Waals surface area contributed by atoms with Crippen molar-refractivity contribution in [3.8, 4) is 0 Å². The summed E-state index contributed by atoms with van der Waals surface area (Å²) in [6.45, 7) is 6.96. The highest BCUT2D eigenvalue weighted by molar-refractivity contribution is 5.26. The van der Waals surface area contributed by atoms with Crippen molar-refractivity contribution in [2.75, 3.05) is 13.7 Å². The van der Waals surface area contributed by atoms with Crippen molar-refractivity contribution in [1.29, 1.82) is 0 Å². The lowest BCUT2D eigenvalue weighted by Crippen LogP contribution is -2.34. The van der Waals surface area contributed by atoms with Crippen LogP contribution in [0.5, 0.6) is 0 Å². The topological polar surface area (TPSA) is 21.3 Å². The molecule has 1 N–H and O–H groups in total. The summed E-state index contributed by atoms with van der Waals surface area (Å²) in [4.78, 5) is 0. The van der Waals surface area contributed by atoms with Gasteiger partial charge in [0.05, 0.1) is 12.1 Å². The Morgan fingerprint density at radius 1 is 1.26 bits per heavy atom. The first-order valence-corrected chi connectivity index (χ1v) is 7.16. The molecule has 0 aliphatic carbocycles. The first-order valence-electron chi connectivity index (χ1n) is 7.16. The number of ether oxygens (including phenoxy) is 1. The van der Waals surface area contributed by atoms with Gasteiger partial charge >= 0.3 is 0 Å². The van der Waals surface area contributed by atoms with Crippen LogP contribution in [0, 0.1) is 12.7 Å². The maximum absolute atomic E-state index is 13.7. The second kappa shape index (κ2) is 8.28. The van der Waals surface area contributed by atoms with Crippen LogP contribution in [0.3, 0.4) is 0 Å². The van der Waals surface area contributed by atoms with Gasteiger partial charge in [0.15, 0.2) is 0 Å². The molecule has 0 radical (unpaired) electrons. The highest BCUT2D eigenvalue weighted by atomic mass is 19.1. The zero-order chi connectivity index (χ0) is 14.3. The molecule has 108 valence electrons. The Balaban J connectivity index is 2.96. The molecule has 0 saturated carbocycles. The predicted molar refractivity (Wildman–Crippen MR) is 77.9 cm³/mol. The third-order valence-corrected chi connectivity index (χ3v) is 3.42. The number of methoxy groups -OCH3 is 1. The van der Waals surface area contributed by atoms with Crippen LogP contribution in [-0.4, -0.2) is 19.8 Å². The standard InChI is InChI=1S/C16H26FNO/c1-5-7-15(19-4)16(18-10-6-2)13-9-8-12(3)14(17)11-13/h8-9,11,15-16,18H,5-7,10H2,1-4H3. The van der Waals surface area contributed by atoms with Gasteiger partial charge in [-0.05, 0) is 43.5 Å². The summed E-state index contributed by atoms with van der Waals surface area (Å²) in [5.41, 5.74) is 1.65. The first kappa shape index (κ1) is 16.1. The molecule has 0 heterocycles. The highest BCUT2D eigenvalue weighted by Gasteiger charge is 2.22. The predicted octanol–water partition coefficient (Wildman–Crippen LogP) is 3.99. The molecule has 2 nitrogen and oxygen atoms in total. The monoisotopic (exact) mass is 267 g/mol. The molecule has 19 heavy (non-hydrogen) atoms. The normalized spacial score (nSPS) is 14.4. The molecule has 2 unspecified atom stereocenters. The molecule has 0 aliphatic heterocycles.